The van der Waals surface area contributed by atoms with Crippen molar-refractivity contribution in [2.24, 2.45) is 0 Å². The van der Waals surface area contributed by atoms with Gasteiger partial charge in [-0.25, -0.2) is 9.59 Å². The molecule has 0 atom stereocenters. The van der Waals surface area contributed by atoms with Crippen molar-refractivity contribution >= 4 is 11.9 Å². The van der Waals surface area contributed by atoms with Crippen LogP contribution in [-0.2, 0) is 9.59 Å². The molecule has 1 aliphatic heterocycles. The number of nitrogens with zero attached hydrogens (tertiary/aromatic N) is 1. The Balaban J connectivity index is 0.000000380. The predicted octanol–water partition coefficient (Wildman–Crippen LogP) is 3.37. The van der Waals surface area contributed by atoms with E-state index in [4.69, 9.17) is 24.5 Å². The Kier molecular flexibility index (Phi) is 8.32. The first kappa shape index (κ1) is 20.5. The van der Waals surface area contributed by atoms with Crippen LogP contribution in [0.1, 0.15) is 19.3 Å². The predicted molar refractivity (Wildman–Crippen MR) is 103 cm³/mol. The Labute approximate surface area is 159 Å². The average Bonchev–Trinajstić information content (AvgIpc) is 3.20. The van der Waals surface area contributed by atoms with E-state index in [9.17, 15) is 0 Å². The number of carboxylic acids is 2. The molecular weight excluding hydrogens is 346 g/mol. The summed E-state index contributed by atoms with van der Waals surface area (Å²) in [6, 6.07) is 18.8. The van der Waals surface area contributed by atoms with Crippen molar-refractivity contribution in [3.8, 4) is 16.9 Å². The SMILES string of the molecule is O=C(O)C(=O)O.c1ccc(-c2ccccc2OCCCN2CCCC2)cc1. The van der Waals surface area contributed by atoms with Crippen molar-refractivity contribution in [3.05, 3.63) is 54.6 Å². The van der Waals surface area contributed by atoms with Crippen LogP contribution in [0, 0.1) is 0 Å². The van der Waals surface area contributed by atoms with Gasteiger partial charge in [-0.2, -0.15) is 0 Å². The van der Waals surface area contributed by atoms with Crippen LogP contribution in [0.2, 0.25) is 0 Å². The van der Waals surface area contributed by atoms with Gasteiger partial charge in [-0.15, -0.1) is 0 Å². The van der Waals surface area contributed by atoms with Crippen LogP contribution >= 0.6 is 0 Å². The van der Waals surface area contributed by atoms with Gasteiger partial charge in [-0.3, -0.25) is 0 Å². The van der Waals surface area contributed by atoms with Crippen molar-refractivity contribution in [1.82, 2.24) is 4.90 Å². The third-order valence-electron chi connectivity index (χ3n) is 4.23. The van der Waals surface area contributed by atoms with Gasteiger partial charge >= 0.3 is 11.9 Å². The summed E-state index contributed by atoms with van der Waals surface area (Å²) in [5.41, 5.74) is 2.40. The molecule has 27 heavy (non-hydrogen) atoms. The topological polar surface area (TPSA) is 87.1 Å². The number of carboxylic acid groups (broad SMARTS) is 2. The van der Waals surface area contributed by atoms with Crippen molar-refractivity contribution in [1.29, 1.82) is 0 Å². The lowest BCUT2D eigenvalue weighted by atomic mass is 10.1. The highest BCUT2D eigenvalue weighted by atomic mass is 16.5. The molecule has 2 N–H and O–H groups in total. The van der Waals surface area contributed by atoms with Gasteiger partial charge in [-0.05, 0) is 44.0 Å². The molecule has 144 valence electrons. The maximum atomic E-state index is 9.10. The molecule has 0 aliphatic carbocycles. The molecule has 0 spiro atoms. The maximum absolute atomic E-state index is 9.10. The third kappa shape index (κ3) is 7.11. The van der Waals surface area contributed by atoms with E-state index in [0.29, 0.717) is 0 Å². The van der Waals surface area contributed by atoms with E-state index in [0.717, 1.165) is 25.3 Å². The highest BCUT2D eigenvalue weighted by Gasteiger charge is 2.11. The molecule has 1 saturated heterocycles. The number of rotatable bonds is 6. The lowest BCUT2D eigenvalue weighted by Crippen LogP contribution is -2.21. The van der Waals surface area contributed by atoms with Gasteiger partial charge in [0.25, 0.3) is 0 Å². The molecule has 2 aromatic carbocycles. The summed E-state index contributed by atoms with van der Waals surface area (Å²) in [6.07, 6.45) is 3.82. The summed E-state index contributed by atoms with van der Waals surface area (Å²) in [4.78, 5) is 20.7. The van der Waals surface area contributed by atoms with E-state index in [1.807, 2.05) is 12.1 Å². The van der Waals surface area contributed by atoms with Gasteiger partial charge in [0.05, 0.1) is 6.61 Å². The van der Waals surface area contributed by atoms with Crippen molar-refractivity contribution in [3.63, 3.8) is 0 Å². The first-order valence-electron chi connectivity index (χ1n) is 9.03. The second-order valence-corrected chi connectivity index (χ2v) is 6.22. The molecule has 0 unspecified atom stereocenters. The summed E-state index contributed by atoms with van der Waals surface area (Å²) in [7, 11) is 0. The number of hydrogen-bond donors (Lipinski definition) is 2. The fourth-order valence-corrected chi connectivity index (χ4v) is 2.93. The van der Waals surface area contributed by atoms with Crippen molar-refractivity contribution in [2.45, 2.75) is 19.3 Å². The largest absolute Gasteiger partial charge is 0.493 e. The molecule has 2 aromatic rings. The van der Waals surface area contributed by atoms with Gasteiger partial charge in [0.15, 0.2) is 0 Å². The summed E-state index contributed by atoms with van der Waals surface area (Å²) >= 11 is 0. The quantitative estimate of drug-likeness (QED) is 0.598. The molecule has 1 fully saturated rings. The monoisotopic (exact) mass is 371 g/mol. The van der Waals surface area contributed by atoms with E-state index in [2.05, 4.69) is 47.4 Å². The Bertz CT molecular complexity index is 714. The van der Waals surface area contributed by atoms with Crippen LogP contribution in [0.5, 0.6) is 5.75 Å². The molecular formula is C21H25NO5. The summed E-state index contributed by atoms with van der Waals surface area (Å²) in [5.74, 6) is -2.66. The van der Waals surface area contributed by atoms with Crippen LogP contribution in [0.25, 0.3) is 11.1 Å². The Morgan fingerprint density at radius 2 is 1.48 bits per heavy atom. The van der Waals surface area contributed by atoms with Gasteiger partial charge in [0.1, 0.15) is 5.75 Å². The molecule has 3 rings (SSSR count). The number of aliphatic carboxylic acids is 2. The van der Waals surface area contributed by atoms with E-state index < -0.39 is 11.9 Å². The third-order valence-corrected chi connectivity index (χ3v) is 4.23. The molecule has 0 aromatic heterocycles. The Morgan fingerprint density at radius 1 is 0.889 bits per heavy atom. The van der Waals surface area contributed by atoms with E-state index in [1.165, 1.54) is 37.1 Å². The van der Waals surface area contributed by atoms with Crippen LogP contribution < -0.4 is 4.74 Å². The highest BCUT2D eigenvalue weighted by Crippen LogP contribution is 2.29. The zero-order valence-electron chi connectivity index (χ0n) is 15.2. The van der Waals surface area contributed by atoms with Crippen LogP contribution in [-0.4, -0.2) is 53.3 Å². The summed E-state index contributed by atoms with van der Waals surface area (Å²) < 4.78 is 6.02. The van der Waals surface area contributed by atoms with Crippen molar-refractivity contribution in [2.75, 3.05) is 26.2 Å². The van der Waals surface area contributed by atoms with E-state index in [1.54, 1.807) is 0 Å². The number of likely N-dealkylation sites (tertiary alicyclic amines) is 1. The smallest absolute Gasteiger partial charge is 0.414 e. The lowest BCUT2D eigenvalue weighted by Gasteiger charge is -2.15. The zero-order valence-corrected chi connectivity index (χ0v) is 15.2. The Hall–Kier alpha value is -2.86. The lowest BCUT2D eigenvalue weighted by molar-refractivity contribution is -0.159. The minimum Gasteiger partial charge on any atom is -0.493 e. The molecule has 0 saturated carbocycles. The summed E-state index contributed by atoms with van der Waals surface area (Å²) in [5, 5.41) is 14.8. The maximum Gasteiger partial charge on any atom is 0.414 e. The molecule has 1 heterocycles. The molecule has 0 amide bonds. The van der Waals surface area contributed by atoms with Crippen molar-refractivity contribution < 1.29 is 24.5 Å². The van der Waals surface area contributed by atoms with Gasteiger partial charge in [0, 0.05) is 12.1 Å². The number of hydrogen-bond acceptors (Lipinski definition) is 4. The minimum atomic E-state index is -1.82. The minimum absolute atomic E-state index is 0.792. The van der Waals surface area contributed by atoms with Crippen LogP contribution in [0.3, 0.4) is 0 Å². The normalized spacial score (nSPS) is 13.5. The highest BCUT2D eigenvalue weighted by molar-refractivity contribution is 6.27. The zero-order chi connectivity index (χ0) is 19.5. The fraction of sp³-hybridized carbons (Fsp3) is 0.333. The van der Waals surface area contributed by atoms with E-state index in [-0.39, 0.29) is 0 Å². The van der Waals surface area contributed by atoms with Gasteiger partial charge in [-0.1, -0.05) is 48.5 Å². The standard InChI is InChI=1S/C19H23NO.C2H2O4/c1-2-9-17(10-3-1)18-11-4-5-12-19(18)21-16-8-15-20-13-6-7-14-20;3-1(4)2(5)6/h1-5,9-12H,6-8,13-16H2;(H,3,4)(H,5,6). The fourth-order valence-electron chi connectivity index (χ4n) is 2.93. The number of benzene rings is 2. The second-order valence-electron chi connectivity index (χ2n) is 6.22. The molecule has 0 radical (unpaired) electrons. The number of ether oxygens (including phenoxy) is 1. The first-order valence-corrected chi connectivity index (χ1v) is 9.03. The second kappa shape index (κ2) is 11.0. The molecule has 0 bridgehead atoms. The molecule has 6 heteroatoms. The molecule has 6 nitrogen and oxygen atoms in total. The average molecular weight is 371 g/mol. The molecule has 1 aliphatic rings. The van der Waals surface area contributed by atoms with E-state index >= 15 is 0 Å². The van der Waals surface area contributed by atoms with Gasteiger partial charge < -0.3 is 19.8 Å². The van der Waals surface area contributed by atoms with Crippen LogP contribution in [0.15, 0.2) is 54.6 Å². The first-order chi connectivity index (χ1) is 13.1. The summed E-state index contributed by atoms with van der Waals surface area (Å²) in [6.45, 7) is 4.48. The number of para-hydroxylation sites is 1. The Morgan fingerprint density at radius 3 is 2.11 bits per heavy atom. The van der Waals surface area contributed by atoms with Crippen LogP contribution in [0.4, 0.5) is 0 Å². The van der Waals surface area contributed by atoms with Gasteiger partial charge in [0.2, 0.25) is 0 Å². The number of carbonyl (C=O) groups is 2.